The van der Waals surface area contributed by atoms with Crippen LogP contribution in [0, 0.1) is 0 Å². The van der Waals surface area contributed by atoms with Crippen LogP contribution in [-0.4, -0.2) is 29.4 Å². The Morgan fingerprint density at radius 1 is 1.20 bits per heavy atom. The molecule has 0 saturated heterocycles. The van der Waals surface area contributed by atoms with E-state index < -0.39 is 0 Å². The van der Waals surface area contributed by atoms with E-state index in [-0.39, 0.29) is 5.91 Å². The number of halogens is 1. The molecule has 0 aliphatic rings. The van der Waals surface area contributed by atoms with Crippen molar-refractivity contribution in [2.75, 3.05) is 13.6 Å². The Labute approximate surface area is 124 Å². The van der Waals surface area contributed by atoms with Gasteiger partial charge in [-0.15, -0.1) is 0 Å². The minimum atomic E-state index is 0.0639. The molecule has 0 saturated carbocycles. The highest BCUT2D eigenvalue weighted by Gasteiger charge is 2.11. The zero-order chi connectivity index (χ0) is 14.4. The van der Waals surface area contributed by atoms with Crippen molar-refractivity contribution in [1.29, 1.82) is 0 Å². The van der Waals surface area contributed by atoms with Gasteiger partial charge in [0.15, 0.2) is 0 Å². The van der Waals surface area contributed by atoms with Crippen LogP contribution in [0.4, 0.5) is 0 Å². The van der Waals surface area contributed by atoms with Gasteiger partial charge in [-0.1, -0.05) is 35.9 Å². The fourth-order valence-electron chi connectivity index (χ4n) is 1.89. The molecule has 0 radical (unpaired) electrons. The molecule has 2 rings (SSSR count). The summed E-state index contributed by atoms with van der Waals surface area (Å²) in [5.74, 6) is 0.0639. The number of pyridine rings is 1. The molecule has 104 valence electrons. The normalized spacial score (nSPS) is 10.3. The maximum absolute atomic E-state index is 12.1. The predicted octanol–water partition coefficient (Wildman–Crippen LogP) is 2.98. The van der Waals surface area contributed by atoms with Crippen molar-refractivity contribution in [3.63, 3.8) is 0 Å². The number of amides is 1. The van der Waals surface area contributed by atoms with Gasteiger partial charge in [0.25, 0.3) is 0 Å². The van der Waals surface area contributed by atoms with E-state index in [0.29, 0.717) is 18.0 Å². The quantitative estimate of drug-likeness (QED) is 0.847. The number of carbonyl (C=O) groups excluding carboxylic acids is 1. The largest absolute Gasteiger partial charge is 0.345 e. The van der Waals surface area contributed by atoms with Crippen molar-refractivity contribution in [2.45, 2.75) is 12.8 Å². The van der Waals surface area contributed by atoms with Crippen LogP contribution in [0.15, 0.2) is 48.7 Å². The zero-order valence-electron chi connectivity index (χ0n) is 11.4. The van der Waals surface area contributed by atoms with Crippen LogP contribution in [0.2, 0.25) is 5.02 Å². The molecule has 0 unspecified atom stereocenters. The number of carbonyl (C=O) groups is 1. The van der Waals surface area contributed by atoms with Gasteiger partial charge >= 0.3 is 0 Å². The second kappa shape index (κ2) is 7.06. The van der Waals surface area contributed by atoms with E-state index in [0.717, 1.165) is 17.7 Å². The van der Waals surface area contributed by atoms with E-state index in [1.807, 2.05) is 43.4 Å². The minimum Gasteiger partial charge on any atom is -0.345 e. The summed E-state index contributed by atoms with van der Waals surface area (Å²) in [5, 5.41) is 0.638. The Hall–Kier alpha value is -1.87. The molecule has 0 N–H and O–H groups in total. The summed E-state index contributed by atoms with van der Waals surface area (Å²) in [7, 11) is 1.81. The molecule has 0 aliphatic heterocycles. The second-order valence-corrected chi connectivity index (χ2v) is 5.06. The molecule has 0 atom stereocenters. The summed E-state index contributed by atoms with van der Waals surface area (Å²) in [5.41, 5.74) is 1.86. The second-order valence-electron chi connectivity index (χ2n) is 4.65. The highest BCUT2D eigenvalue weighted by molar-refractivity contribution is 6.31. The van der Waals surface area contributed by atoms with Crippen molar-refractivity contribution in [3.05, 3.63) is 64.9 Å². The number of rotatable bonds is 5. The number of hydrogen-bond acceptors (Lipinski definition) is 2. The number of nitrogens with zero attached hydrogens (tertiary/aromatic N) is 2. The van der Waals surface area contributed by atoms with Crippen LogP contribution >= 0.6 is 11.6 Å². The third-order valence-corrected chi connectivity index (χ3v) is 3.52. The van der Waals surface area contributed by atoms with Gasteiger partial charge < -0.3 is 4.90 Å². The molecular weight excluding hydrogens is 272 g/mol. The summed E-state index contributed by atoms with van der Waals surface area (Å²) in [4.78, 5) is 18.1. The average molecular weight is 289 g/mol. The van der Waals surface area contributed by atoms with Crippen LogP contribution in [0.3, 0.4) is 0 Å². The fourth-order valence-corrected chi connectivity index (χ4v) is 2.10. The topological polar surface area (TPSA) is 33.2 Å². The molecule has 0 fully saturated rings. The highest BCUT2D eigenvalue weighted by atomic mass is 35.5. The van der Waals surface area contributed by atoms with Gasteiger partial charge in [0, 0.05) is 36.9 Å². The number of aromatic nitrogens is 1. The lowest BCUT2D eigenvalue weighted by atomic mass is 10.1. The molecule has 1 aromatic carbocycles. The summed E-state index contributed by atoms with van der Waals surface area (Å²) >= 11 is 6.07. The Morgan fingerprint density at radius 3 is 2.65 bits per heavy atom. The van der Waals surface area contributed by atoms with E-state index in [4.69, 9.17) is 11.6 Å². The van der Waals surface area contributed by atoms with Gasteiger partial charge in [0.2, 0.25) is 5.91 Å². The van der Waals surface area contributed by atoms with E-state index in [2.05, 4.69) is 4.98 Å². The third kappa shape index (κ3) is 4.07. The predicted molar refractivity (Wildman–Crippen MR) is 80.7 cm³/mol. The van der Waals surface area contributed by atoms with Gasteiger partial charge in [0.05, 0.1) is 6.42 Å². The van der Waals surface area contributed by atoms with Gasteiger partial charge in [-0.05, 0) is 23.8 Å². The SMILES string of the molecule is CN(CCc1ccccn1)C(=O)Cc1ccccc1Cl. The van der Waals surface area contributed by atoms with Crippen molar-refractivity contribution >= 4 is 17.5 Å². The first-order chi connectivity index (χ1) is 9.66. The summed E-state index contributed by atoms with van der Waals surface area (Å²) in [6.45, 7) is 0.653. The van der Waals surface area contributed by atoms with Gasteiger partial charge in [0.1, 0.15) is 0 Å². The number of benzene rings is 1. The minimum absolute atomic E-state index is 0.0639. The van der Waals surface area contributed by atoms with Crippen LogP contribution in [0.1, 0.15) is 11.3 Å². The lowest BCUT2D eigenvalue weighted by Gasteiger charge is -2.17. The summed E-state index contributed by atoms with van der Waals surface area (Å²) in [6.07, 6.45) is 2.85. The zero-order valence-corrected chi connectivity index (χ0v) is 12.2. The van der Waals surface area contributed by atoms with E-state index in [1.54, 1.807) is 17.2 Å². The number of likely N-dealkylation sites (N-methyl/N-ethyl adjacent to an activating group) is 1. The fraction of sp³-hybridized carbons (Fsp3) is 0.250. The van der Waals surface area contributed by atoms with Crippen molar-refractivity contribution in [3.8, 4) is 0 Å². The summed E-state index contributed by atoms with van der Waals surface area (Å²) < 4.78 is 0. The molecule has 4 heteroatoms. The van der Waals surface area contributed by atoms with E-state index in [9.17, 15) is 4.79 Å². The highest BCUT2D eigenvalue weighted by Crippen LogP contribution is 2.16. The third-order valence-electron chi connectivity index (χ3n) is 3.15. The Balaban J connectivity index is 1.88. The molecular formula is C16H17ClN2O. The van der Waals surface area contributed by atoms with Gasteiger partial charge in [-0.3, -0.25) is 9.78 Å². The van der Waals surface area contributed by atoms with Crippen LogP contribution < -0.4 is 0 Å². The van der Waals surface area contributed by atoms with E-state index >= 15 is 0 Å². The molecule has 1 heterocycles. The average Bonchev–Trinajstić information content (AvgIpc) is 2.48. The summed E-state index contributed by atoms with van der Waals surface area (Å²) in [6, 6.07) is 13.2. The van der Waals surface area contributed by atoms with Crippen LogP contribution in [0.25, 0.3) is 0 Å². The van der Waals surface area contributed by atoms with Gasteiger partial charge in [-0.25, -0.2) is 0 Å². The first-order valence-electron chi connectivity index (χ1n) is 6.54. The van der Waals surface area contributed by atoms with Crippen molar-refractivity contribution in [2.24, 2.45) is 0 Å². The Bertz CT molecular complexity index is 572. The lowest BCUT2D eigenvalue weighted by Crippen LogP contribution is -2.30. The first-order valence-corrected chi connectivity index (χ1v) is 6.92. The lowest BCUT2D eigenvalue weighted by molar-refractivity contribution is -0.129. The Kier molecular flexibility index (Phi) is 5.13. The first kappa shape index (κ1) is 14.5. The van der Waals surface area contributed by atoms with Gasteiger partial charge in [-0.2, -0.15) is 0 Å². The molecule has 0 bridgehead atoms. The van der Waals surface area contributed by atoms with E-state index in [1.165, 1.54) is 0 Å². The molecule has 0 spiro atoms. The van der Waals surface area contributed by atoms with Crippen LogP contribution in [-0.2, 0) is 17.6 Å². The Morgan fingerprint density at radius 2 is 1.95 bits per heavy atom. The molecule has 20 heavy (non-hydrogen) atoms. The van der Waals surface area contributed by atoms with Crippen molar-refractivity contribution < 1.29 is 4.79 Å². The maximum Gasteiger partial charge on any atom is 0.226 e. The van der Waals surface area contributed by atoms with Crippen LogP contribution in [0.5, 0.6) is 0 Å². The number of hydrogen-bond donors (Lipinski definition) is 0. The smallest absolute Gasteiger partial charge is 0.226 e. The molecule has 2 aromatic rings. The molecule has 3 nitrogen and oxygen atoms in total. The molecule has 1 amide bonds. The standard InChI is InChI=1S/C16H17ClN2O/c1-19(11-9-14-7-4-5-10-18-14)16(20)12-13-6-2-3-8-15(13)17/h2-8,10H,9,11-12H2,1H3. The maximum atomic E-state index is 12.1. The monoisotopic (exact) mass is 288 g/mol. The van der Waals surface area contributed by atoms with Crippen molar-refractivity contribution in [1.82, 2.24) is 9.88 Å². The molecule has 0 aliphatic carbocycles. The molecule has 1 aromatic heterocycles.